The summed E-state index contributed by atoms with van der Waals surface area (Å²) >= 11 is 0. The van der Waals surface area contributed by atoms with Crippen LogP contribution in [0.2, 0.25) is 0 Å². The highest BCUT2D eigenvalue weighted by atomic mass is 16.4. The number of carbonyl (C=O) groups excluding carboxylic acids is 1. The van der Waals surface area contributed by atoms with Crippen LogP contribution in [0.5, 0.6) is 0 Å². The molecule has 104 valence electrons. The molecule has 0 radical (unpaired) electrons. The third-order valence-corrected chi connectivity index (χ3v) is 2.81. The zero-order valence-corrected chi connectivity index (χ0v) is 10.6. The van der Waals surface area contributed by atoms with E-state index in [2.05, 4.69) is 4.99 Å². The fourth-order valence-corrected chi connectivity index (χ4v) is 2.01. The van der Waals surface area contributed by atoms with E-state index in [1.807, 2.05) is 24.3 Å². The largest absolute Gasteiger partial charge is 0.481 e. The van der Waals surface area contributed by atoms with E-state index < -0.39 is 11.9 Å². The Morgan fingerprint density at radius 1 is 1.25 bits per heavy atom. The summed E-state index contributed by atoms with van der Waals surface area (Å²) in [4.78, 5) is 26.2. The Labute approximate surface area is 114 Å². The molecule has 1 aromatic carbocycles. The van der Waals surface area contributed by atoms with Crippen molar-refractivity contribution in [1.82, 2.24) is 4.57 Å². The van der Waals surface area contributed by atoms with Crippen LogP contribution in [0.1, 0.15) is 16.9 Å². The molecule has 1 aromatic heterocycles. The van der Waals surface area contributed by atoms with Gasteiger partial charge in [0.15, 0.2) is 5.96 Å². The molecule has 2 rings (SSSR count). The lowest BCUT2D eigenvalue weighted by atomic mass is 10.2. The first-order valence-corrected chi connectivity index (χ1v) is 5.93. The van der Waals surface area contributed by atoms with Gasteiger partial charge in [0, 0.05) is 17.4 Å². The van der Waals surface area contributed by atoms with Crippen molar-refractivity contribution in [3.8, 4) is 0 Å². The number of aromatic nitrogens is 1. The molecule has 0 bridgehead atoms. The molecule has 2 aromatic rings. The minimum absolute atomic E-state index is 0.0965. The Hall–Kier alpha value is -2.83. The molecule has 0 aliphatic carbocycles. The van der Waals surface area contributed by atoms with Crippen LogP contribution in [0.4, 0.5) is 0 Å². The van der Waals surface area contributed by atoms with Gasteiger partial charge in [-0.3, -0.25) is 9.59 Å². The second-order valence-electron chi connectivity index (χ2n) is 4.23. The monoisotopic (exact) mass is 274 g/mol. The number of amides is 1. The van der Waals surface area contributed by atoms with Gasteiger partial charge in [0.25, 0.3) is 5.91 Å². The maximum Gasteiger partial charge on any atom is 0.305 e. The number of hydrogen-bond donors (Lipinski definition) is 3. The fraction of sp³-hybridized carbons (Fsp3) is 0.154. The normalized spacial score (nSPS) is 10.4. The minimum Gasteiger partial charge on any atom is -0.481 e. The molecule has 0 fully saturated rings. The number of hydrogen-bond acceptors (Lipinski definition) is 2. The van der Waals surface area contributed by atoms with Crippen molar-refractivity contribution in [2.45, 2.75) is 13.0 Å². The van der Waals surface area contributed by atoms with Crippen LogP contribution in [-0.2, 0) is 11.3 Å². The first kappa shape index (κ1) is 13.6. The lowest BCUT2D eigenvalue weighted by molar-refractivity contribution is -0.137. The highest BCUT2D eigenvalue weighted by Gasteiger charge is 2.15. The number of carboxylic acid groups (broad SMARTS) is 1. The lowest BCUT2D eigenvalue weighted by Gasteiger charge is -2.07. The molecule has 0 unspecified atom stereocenters. The predicted octanol–water partition coefficient (Wildman–Crippen LogP) is 0.530. The molecule has 0 saturated heterocycles. The molecule has 5 N–H and O–H groups in total. The SMILES string of the molecule is NC(N)=NC(=O)c1cc2ccccc2n1CCC(=O)O. The van der Waals surface area contributed by atoms with Crippen LogP contribution in [0.15, 0.2) is 35.3 Å². The smallest absolute Gasteiger partial charge is 0.305 e. The minimum atomic E-state index is -0.942. The van der Waals surface area contributed by atoms with E-state index in [9.17, 15) is 9.59 Å². The van der Waals surface area contributed by atoms with E-state index in [1.165, 1.54) is 0 Å². The Morgan fingerprint density at radius 2 is 1.95 bits per heavy atom. The molecule has 1 amide bonds. The van der Waals surface area contributed by atoms with Crippen molar-refractivity contribution < 1.29 is 14.7 Å². The fourth-order valence-electron chi connectivity index (χ4n) is 2.01. The van der Waals surface area contributed by atoms with E-state index in [0.717, 1.165) is 10.9 Å². The number of rotatable bonds is 4. The predicted molar refractivity (Wildman–Crippen MR) is 74.3 cm³/mol. The molecule has 1 heterocycles. The second kappa shape index (κ2) is 5.43. The van der Waals surface area contributed by atoms with Crippen molar-refractivity contribution in [3.05, 3.63) is 36.0 Å². The topological polar surface area (TPSA) is 124 Å². The number of para-hydroxylation sites is 1. The Balaban J connectivity index is 2.51. The van der Waals surface area contributed by atoms with Gasteiger partial charge in [-0.1, -0.05) is 18.2 Å². The first-order valence-electron chi connectivity index (χ1n) is 5.93. The zero-order chi connectivity index (χ0) is 14.7. The van der Waals surface area contributed by atoms with Gasteiger partial charge in [0.05, 0.1) is 6.42 Å². The summed E-state index contributed by atoms with van der Waals surface area (Å²) in [6.07, 6.45) is -0.0965. The standard InChI is InChI=1S/C13H14N4O3/c14-13(15)16-12(20)10-7-8-3-1-2-4-9(8)17(10)6-5-11(18)19/h1-4,7H,5-6H2,(H,18,19)(H4,14,15,16,20). The maximum absolute atomic E-state index is 12.0. The summed E-state index contributed by atoms with van der Waals surface area (Å²) in [5.41, 5.74) is 11.4. The zero-order valence-electron chi connectivity index (χ0n) is 10.6. The van der Waals surface area contributed by atoms with E-state index in [4.69, 9.17) is 16.6 Å². The molecular weight excluding hydrogens is 260 g/mol. The number of carboxylic acids is 1. The van der Waals surface area contributed by atoms with Crippen molar-refractivity contribution in [2.75, 3.05) is 0 Å². The van der Waals surface area contributed by atoms with Crippen LogP contribution in [0.3, 0.4) is 0 Å². The molecule has 0 aliphatic rings. The summed E-state index contributed by atoms with van der Waals surface area (Å²) in [6, 6.07) is 8.93. The molecule has 0 aliphatic heterocycles. The average molecular weight is 274 g/mol. The third-order valence-electron chi connectivity index (χ3n) is 2.81. The lowest BCUT2D eigenvalue weighted by Crippen LogP contribution is -2.24. The highest BCUT2D eigenvalue weighted by Crippen LogP contribution is 2.21. The number of nitrogens with zero attached hydrogens (tertiary/aromatic N) is 2. The third kappa shape index (κ3) is 2.77. The van der Waals surface area contributed by atoms with E-state index >= 15 is 0 Å². The van der Waals surface area contributed by atoms with Crippen molar-refractivity contribution in [2.24, 2.45) is 16.5 Å². The van der Waals surface area contributed by atoms with Crippen LogP contribution >= 0.6 is 0 Å². The van der Waals surface area contributed by atoms with Crippen LogP contribution in [0, 0.1) is 0 Å². The van der Waals surface area contributed by atoms with Crippen molar-refractivity contribution >= 4 is 28.7 Å². The van der Waals surface area contributed by atoms with Gasteiger partial charge in [0.2, 0.25) is 0 Å². The van der Waals surface area contributed by atoms with E-state index in [0.29, 0.717) is 0 Å². The number of nitrogens with two attached hydrogens (primary N) is 2. The summed E-state index contributed by atoms with van der Waals surface area (Å²) in [5, 5.41) is 9.62. The van der Waals surface area contributed by atoms with Gasteiger partial charge in [-0.2, -0.15) is 4.99 Å². The van der Waals surface area contributed by atoms with Gasteiger partial charge in [-0.15, -0.1) is 0 Å². The molecule has 0 spiro atoms. The highest BCUT2D eigenvalue weighted by molar-refractivity contribution is 6.04. The van der Waals surface area contributed by atoms with Crippen LogP contribution in [-0.4, -0.2) is 27.5 Å². The number of aliphatic carboxylic acids is 1. The molecule has 7 heteroatoms. The average Bonchev–Trinajstić information content (AvgIpc) is 2.74. The van der Waals surface area contributed by atoms with Gasteiger partial charge >= 0.3 is 5.97 Å². The summed E-state index contributed by atoms with van der Waals surface area (Å²) in [5.74, 6) is -1.86. The number of guanidine groups is 1. The van der Waals surface area contributed by atoms with Gasteiger partial charge in [0.1, 0.15) is 5.69 Å². The number of aliphatic imine (C=N–C) groups is 1. The molecular formula is C13H14N4O3. The Morgan fingerprint density at radius 3 is 2.60 bits per heavy atom. The summed E-state index contributed by atoms with van der Waals surface area (Å²) in [7, 11) is 0. The van der Waals surface area contributed by atoms with Crippen molar-refractivity contribution in [1.29, 1.82) is 0 Å². The maximum atomic E-state index is 12.0. The summed E-state index contributed by atoms with van der Waals surface area (Å²) < 4.78 is 1.61. The van der Waals surface area contributed by atoms with Crippen molar-refractivity contribution in [3.63, 3.8) is 0 Å². The number of aryl methyl sites for hydroxylation is 1. The van der Waals surface area contributed by atoms with Crippen LogP contribution in [0.25, 0.3) is 10.9 Å². The van der Waals surface area contributed by atoms with E-state index in [-0.39, 0.29) is 24.6 Å². The van der Waals surface area contributed by atoms with Crippen LogP contribution < -0.4 is 11.5 Å². The van der Waals surface area contributed by atoms with Gasteiger partial charge < -0.3 is 21.1 Å². The summed E-state index contributed by atoms with van der Waals surface area (Å²) in [6.45, 7) is 0.171. The quantitative estimate of drug-likeness (QED) is 0.554. The molecule has 0 saturated carbocycles. The Kier molecular flexibility index (Phi) is 3.69. The number of carbonyl (C=O) groups is 2. The Bertz CT molecular complexity index is 699. The van der Waals surface area contributed by atoms with E-state index in [1.54, 1.807) is 10.6 Å². The molecule has 7 nitrogen and oxygen atoms in total. The molecule has 20 heavy (non-hydrogen) atoms. The number of fused-ring (bicyclic) bond motifs is 1. The second-order valence-corrected chi connectivity index (χ2v) is 4.23. The first-order chi connectivity index (χ1) is 9.49. The van der Waals surface area contributed by atoms with Gasteiger partial charge in [-0.25, -0.2) is 0 Å². The van der Waals surface area contributed by atoms with Gasteiger partial charge in [-0.05, 0) is 12.1 Å². The molecule has 0 atom stereocenters. The number of benzene rings is 1.